The molecule has 1 heterocycles. The zero-order valence-corrected chi connectivity index (χ0v) is 21.7. The first kappa shape index (κ1) is 28.4. The number of carbonyl (C=O) groups excluding carboxylic acids is 2. The number of amides is 2. The van der Waals surface area contributed by atoms with Crippen LogP contribution < -0.4 is 5.32 Å². The van der Waals surface area contributed by atoms with E-state index < -0.39 is 28.8 Å². The van der Waals surface area contributed by atoms with Crippen molar-refractivity contribution in [3.8, 4) is 0 Å². The van der Waals surface area contributed by atoms with E-state index in [4.69, 9.17) is 0 Å². The number of piperazine rings is 1. The quantitative estimate of drug-likeness (QED) is 0.582. The highest BCUT2D eigenvalue weighted by Crippen LogP contribution is 2.34. The Morgan fingerprint density at radius 2 is 1.58 bits per heavy atom. The molecule has 2 aliphatic rings. The molecule has 36 heavy (non-hydrogen) atoms. The Morgan fingerprint density at radius 1 is 1.03 bits per heavy atom. The summed E-state index contributed by atoms with van der Waals surface area (Å²) in [6.45, 7) is 6.74. The molecule has 1 N–H and O–H groups in total. The molecular formula is C24H35F3N4O4S. The lowest BCUT2D eigenvalue weighted by Crippen LogP contribution is -2.53. The fraction of sp³-hybridized carbons (Fsp3) is 0.667. The molecular weight excluding hydrogens is 497 g/mol. The van der Waals surface area contributed by atoms with E-state index in [2.05, 4.69) is 24.1 Å². The number of nitrogens with one attached hydrogen (secondary N) is 1. The Hall–Kier alpha value is -2.18. The molecule has 1 aliphatic heterocycles. The van der Waals surface area contributed by atoms with E-state index in [1.807, 2.05) is 4.90 Å². The highest BCUT2D eigenvalue weighted by atomic mass is 32.2. The summed E-state index contributed by atoms with van der Waals surface area (Å²) in [5, 5.41) is 2.50. The lowest BCUT2D eigenvalue weighted by molar-refractivity contribution is -0.144. The summed E-state index contributed by atoms with van der Waals surface area (Å²) < 4.78 is 67.3. The van der Waals surface area contributed by atoms with Crippen LogP contribution in [0.5, 0.6) is 0 Å². The maximum absolute atomic E-state index is 13.4. The van der Waals surface area contributed by atoms with Gasteiger partial charge in [-0.1, -0.05) is 0 Å². The largest absolute Gasteiger partial charge is 0.402 e. The molecule has 0 unspecified atom stereocenters. The van der Waals surface area contributed by atoms with Gasteiger partial charge in [-0.05, 0) is 63.8 Å². The van der Waals surface area contributed by atoms with E-state index in [-0.39, 0.29) is 35.5 Å². The zero-order valence-electron chi connectivity index (χ0n) is 20.9. The zero-order chi connectivity index (χ0) is 26.7. The van der Waals surface area contributed by atoms with Crippen LogP contribution in [0, 0.1) is 5.92 Å². The molecule has 1 saturated heterocycles. The van der Waals surface area contributed by atoms with Crippen LogP contribution in [0.2, 0.25) is 0 Å². The van der Waals surface area contributed by atoms with Crippen LogP contribution in [0.1, 0.15) is 46.5 Å². The van der Waals surface area contributed by atoms with Gasteiger partial charge in [-0.15, -0.1) is 0 Å². The molecule has 0 atom stereocenters. The van der Waals surface area contributed by atoms with Gasteiger partial charge in [0.1, 0.15) is 6.54 Å². The number of rotatable bonds is 7. The van der Waals surface area contributed by atoms with Crippen molar-refractivity contribution in [1.29, 1.82) is 0 Å². The van der Waals surface area contributed by atoms with Crippen LogP contribution in [0.4, 0.5) is 18.9 Å². The molecule has 12 heteroatoms. The summed E-state index contributed by atoms with van der Waals surface area (Å²) in [5.74, 6) is -0.646. The van der Waals surface area contributed by atoms with E-state index in [0.717, 1.165) is 13.1 Å². The number of nitrogens with zero attached hydrogens (tertiary/aromatic N) is 3. The molecule has 1 saturated carbocycles. The normalized spacial score (nSPS) is 22.2. The second kappa shape index (κ2) is 11.5. The Morgan fingerprint density at radius 3 is 2.06 bits per heavy atom. The van der Waals surface area contributed by atoms with Crippen molar-refractivity contribution in [2.75, 3.05) is 38.0 Å². The molecule has 0 spiro atoms. The Labute approximate surface area is 210 Å². The van der Waals surface area contributed by atoms with Crippen molar-refractivity contribution in [3.63, 3.8) is 0 Å². The lowest BCUT2D eigenvalue weighted by atomic mass is 9.85. The molecule has 1 aromatic rings. The minimum atomic E-state index is -4.72. The average molecular weight is 533 g/mol. The van der Waals surface area contributed by atoms with Crippen molar-refractivity contribution < 1.29 is 31.2 Å². The van der Waals surface area contributed by atoms with Gasteiger partial charge in [0.25, 0.3) is 0 Å². The molecule has 0 radical (unpaired) electrons. The fourth-order valence-electron chi connectivity index (χ4n) is 4.96. The molecule has 8 nitrogen and oxygen atoms in total. The first-order valence-corrected chi connectivity index (χ1v) is 13.7. The van der Waals surface area contributed by atoms with E-state index in [1.165, 1.54) is 31.2 Å². The van der Waals surface area contributed by atoms with Crippen molar-refractivity contribution in [3.05, 3.63) is 24.3 Å². The molecule has 3 rings (SSSR count). The summed E-state index contributed by atoms with van der Waals surface area (Å²) in [5.41, 5.74) is 0.345. The van der Waals surface area contributed by atoms with Crippen LogP contribution in [0.3, 0.4) is 0 Å². The second-order valence-corrected chi connectivity index (χ2v) is 11.7. The van der Waals surface area contributed by atoms with E-state index in [1.54, 1.807) is 0 Å². The monoisotopic (exact) mass is 532 g/mol. The summed E-state index contributed by atoms with van der Waals surface area (Å²) in [6.07, 6.45) is -3.66. The highest BCUT2D eigenvalue weighted by molar-refractivity contribution is 7.89. The summed E-state index contributed by atoms with van der Waals surface area (Å²) in [7, 11) is -4.45. The number of hydrogen-bond acceptors (Lipinski definition) is 5. The topological polar surface area (TPSA) is 90.0 Å². The van der Waals surface area contributed by atoms with Gasteiger partial charge in [-0.2, -0.15) is 17.5 Å². The van der Waals surface area contributed by atoms with Crippen LogP contribution in [0.25, 0.3) is 0 Å². The van der Waals surface area contributed by atoms with Gasteiger partial charge in [-0.25, -0.2) is 8.42 Å². The molecule has 2 fully saturated rings. The molecule has 0 aromatic heterocycles. The maximum atomic E-state index is 13.4. The number of sulfonamides is 1. The average Bonchev–Trinajstić information content (AvgIpc) is 2.81. The van der Waals surface area contributed by atoms with Crippen molar-refractivity contribution in [1.82, 2.24) is 14.1 Å². The first-order chi connectivity index (χ1) is 16.8. The molecule has 0 bridgehead atoms. The minimum Gasteiger partial charge on any atom is -0.340 e. The van der Waals surface area contributed by atoms with E-state index in [0.29, 0.717) is 42.0 Å². The van der Waals surface area contributed by atoms with Crippen LogP contribution in [0.15, 0.2) is 29.2 Å². The smallest absolute Gasteiger partial charge is 0.340 e. The number of benzene rings is 1. The second-order valence-electron chi connectivity index (χ2n) is 9.83. The fourth-order valence-corrected chi connectivity index (χ4v) is 6.63. The van der Waals surface area contributed by atoms with Gasteiger partial charge < -0.3 is 10.2 Å². The van der Waals surface area contributed by atoms with Crippen LogP contribution in [-0.2, 0) is 19.6 Å². The molecule has 2 amide bonds. The number of anilines is 1. The summed E-state index contributed by atoms with van der Waals surface area (Å²) >= 11 is 0. The van der Waals surface area contributed by atoms with Crippen LogP contribution >= 0.6 is 0 Å². The predicted octanol–water partition coefficient (Wildman–Crippen LogP) is 3.31. The number of alkyl halides is 3. The number of halogens is 3. The van der Waals surface area contributed by atoms with Gasteiger partial charge in [0, 0.05) is 56.8 Å². The molecule has 1 aliphatic carbocycles. The van der Waals surface area contributed by atoms with E-state index in [9.17, 15) is 31.2 Å². The number of hydrogen-bond donors (Lipinski definition) is 1. The molecule has 1 aromatic carbocycles. The summed E-state index contributed by atoms with van der Waals surface area (Å²) in [6, 6.07) is 4.61. The minimum absolute atomic E-state index is 0.00986. The van der Waals surface area contributed by atoms with Crippen LogP contribution in [-0.4, -0.2) is 85.3 Å². The predicted molar refractivity (Wildman–Crippen MR) is 130 cm³/mol. The van der Waals surface area contributed by atoms with Gasteiger partial charge in [0.2, 0.25) is 21.8 Å². The Balaban J connectivity index is 1.69. The first-order valence-electron chi connectivity index (χ1n) is 12.3. The highest BCUT2D eigenvalue weighted by Gasteiger charge is 2.43. The standard InChI is InChI=1S/C24H35F3N4O4S/c1-17(2)29-12-14-30(15-13-29)23(33)19-4-8-21(9-5-19)31(16-24(25,26)27)36(34,35)22-10-6-20(7-11-22)28-18(3)32/h6-7,10-11,17,19,21H,4-5,8-9,12-16H2,1-3H3,(H,28,32). The van der Waals surface area contributed by atoms with Gasteiger partial charge in [-0.3, -0.25) is 14.5 Å². The third-order valence-corrected chi connectivity index (χ3v) is 8.84. The van der Waals surface area contributed by atoms with Gasteiger partial charge in [0.15, 0.2) is 0 Å². The number of carbonyl (C=O) groups is 2. The van der Waals surface area contributed by atoms with Crippen molar-refractivity contribution in [2.45, 2.75) is 69.6 Å². The third-order valence-electron chi connectivity index (χ3n) is 6.93. The maximum Gasteiger partial charge on any atom is 0.402 e. The molecule has 202 valence electrons. The van der Waals surface area contributed by atoms with Crippen molar-refractivity contribution >= 4 is 27.5 Å². The van der Waals surface area contributed by atoms with E-state index >= 15 is 0 Å². The summed E-state index contributed by atoms with van der Waals surface area (Å²) in [4.78, 5) is 28.1. The van der Waals surface area contributed by atoms with Crippen molar-refractivity contribution in [2.24, 2.45) is 5.92 Å². The Bertz CT molecular complexity index is 1010. The van der Waals surface area contributed by atoms with Gasteiger partial charge >= 0.3 is 6.18 Å². The third kappa shape index (κ3) is 7.19. The SMILES string of the molecule is CC(=O)Nc1ccc(S(=O)(=O)N(CC(F)(F)F)C2CCC(C(=O)N3CCN(C(C)C)CC3)CC2)cc1. The van der Waals surface area contributed by atoms with Gasteiger partial charge in [0.05, 0.1) is 4.90 Å². The Kier molecular flexibility index (Phi) is 9.05. The lowest BCUT2D eigenvalue weighted by Gasteiger charge is -2.40.